The van der Waals surface area contributed by atoms with Crippen LogP contribution in [0.1, 0.15) is 39.2 Å². The number of guanidine groups is 1. The summed E-state index contributed by atoms with van der Waals surface area (Å²) in [4.78, 5) is 4.26. The molecule has 25 heavy (non-hydrogen) atoms. The third-order valence-electron chi connectivity index (χ3n) is 4.37. The van der Waals surface area contributed by atoms with Crippen molar-refractivity contribution in [2.24, 2.45) is 4.99 Å². The first kappa shape index (κ1) is 22.7. The van der Waals surface area contributed by atoms with Crippen molar-refractivity contribution < 1.29 is 4.21 Å². The molecule has 1 aliphatic carbocycles. The molecule has 0 saturated heterocycles. The summed E-state index contributed by atoms with van der Waals surface area (Å²) in [5.74, 6) is 1.37. The molecule has 1 aromatic carbocycles. The molecule has 7 heteroatoms. The smallest absolute Gasteiger partial charge is 0.191 e. The van der Waals surface area contributed by atoms with E-state index in [2.05, 4.69) is 27.8 Å². The van der Waals surface area contributed by atoms with E-state index in [0.717, 1.165) is 30.4 Å². The maximum atomic E-state index is 12.1. The van der Waals surface area contributed by atoms with Crippen molar-refractivity contribution in [3.8, 4) is 0 Å². The van der Waals surface area contributed by atoms with Crippen molar-refractivity contribution in [1.82, 2.24) is 10.6 Å². The van der Waals surface area contributed by atoms with E-state index in [-0.39, 0.29) is 34.1 Å². The van der Waals surface area contributed by atoms with Gasteiger partial charge in [-0.2, -0.15) is 0 Å². The first-order valence-electron chi connectivity index (χ1n) is 8.36. The Labute approximate surface area is 176 Å². The molecule has 1 unspecified atom stereocenters. The van der Waals surface area contributed by atoms with E-state index in [9.17, 15) is 4.21 Å². The van der Waals surface area contributed by atoms with Crippen LogP contribution in [0.4, 0.5) is 0 Å². The van der Waals surface area contributed by atoms with Gasteiger partial charge >= 0.3 is 0 Å². The van der Waals surface area contributed by atoms with E-state index in [1.54, 1.807) is 7.05 Å². The minimum Gasteiger partial charge on any atom is -0.356 e. The summed E-state index contributed by atoms with van der Waals surface area (Å²) in [6.45, 7) is 7.47. The summed E-state index contributed by atoms with van der Waals surface area (Å²) in [7, 11) is 0.902. The SMILES string of the molecule is CN=C(NCCS(=O)C(C)(C)C)NCC1(c2cccc(Cl)c2)CC1.I. The van der Waals surface area contributed by atoms with Gasteiger partial charge < -0.3 is 10.6 Å². The Balaban J connectivity index is 0.00000312. The molecular formula is C18H29ClIN3OS. The van der Waals surface area contributed by atoms with Crippen molar-refractivity contribution in [2.45, 2.75) is 43.8 Å². The van der Waals surface area contributed by atoms with E-state index in [1.807, 2.05) is 32.9 Å². The number of benzene rings is 1. The van der Waals surface area contributed by atoms with Crippen LogP contribution in [0.25, 0.3) is 0 Å². The number of halogens is 2. The monoisotopic (exact) mass is 497 g/mol. The second kappa shape index (κ2) is 9.55. The third kappa shape index (κ3) is 6.71. The van der Waals surface area contributed by atoms with Gasteiger partial charge in [0.1, 0.15) is 0 Å². The summed E-state index contributed by atoms with van der Waals surface area (Å²) in [6, 6.07) is 8.11. The van der Waals surface area contributed by atoms with Gasteiger partial charge in [0, 0.05) is 51.9 Å². The van der Waals surface area contributed by atoms with Crippen LogP contribution in [0.5, 0.6) is 0 Å². The highest BCUT2D eigenvalue weighted by Gasteiger charge is 2.44. The van der Waals surface area contributed by atoms with E-state index < -0.39 is 10.8 Å². The van der Waals surface area contributed by atoms with Gasteiger partial charge in [0.15, 0.2) is 5.96 Å². The Morgan fingerprint density at radius 3 is 2.52 bits per heavy atom. The molecule has 1 atom stereocenters. The number of nitrogens with one attached hydrogen (secondary N) is 2. The first-order valence-corrected chi connectivity index (χ1v) is 10.1. The number of aliphatic imine (C=N–C) groups is 1. The number of hydrogen-bond donors (Lipinski definition) is 2. The highest BCUT2D eigenvalue weighted by Crippen LogP contribution is 2.48. The van der Waals surface area contributed by atoms with Crippen LogP contribution in [0.2, 0.25) is 5.02 Å². The van der Waals surface area contributed by atoms with Crippen molar-refractivity contribution in [2.75, 3.05) is 25.9 Å². The minimum absolute atomic E-state index is 0. The second-order valence-corrected chi connectivity index (χ2v) is 10.1. The maximum absolute atomic E-state index is 12.1. The molecule has 2 rings (SSSR count). The van der Waals surface area contributed by atoms with Crippen LogP contribution < -0.4 is 10.6 Å². The van der Waals surface area contributed by atoms with Gasteiger partial charge in [-0.15, -0.1) is 24.0 Å². The van der Waals surface area contributed by atoms with Gasteiger partial charge in [0.2, 0.25) is 0 Å². The highest BCUT2D eigenvalue weighted by molar-refractivity contribution is 14.0. The third-order valence-corrected chi connectivity index (χ3v) is 6.55. The van der Waals surface area contributed by atoms with Crippen molar-refractivity contribution in [1.29, 1.82) is 0 Å². The Morgan fingerprint density at radius 1 is 1.32 bits per heavy atom. The Hall–Kier alpha value is -0.340. The van der Waals surface area contributed by atoms with Crippen LogP contribution >= 0.6 is 35.6 Å². The Morgan fingerprint density at radius 2 is 2.00 bits per heavy atom. The van der Waals surface area contributed by atoms with Crippen LogP contribution in [0.15, 0.2) is 29.3 Å². The lowest BCUT2D eigenvalue weighted by molar-refractivity contribution is 0.641. The van der Waals surface area contributed by atoms with Gasteiger partial charge in [-0.3, -0.25) is 9.20 Å². The van der Waals surface area contributed by atoms with Gasteiger partial charge in [-0.25, -0.2) is 0 Å². The summed E-state index contributed by atoms with van der Waals surface area (Å²) >= 11 is 6.12. The fraction of sp³-hybridized carbons (Fsp3) is 0.611. The van der Waals surface area contributed by atoms with Crippen LogP contribution in [-0.4, -0.2) is 40.8 Å². The van der Waals surface area contributed by atoms with Crippen molar-refractivity contribution in [3.63, 3.8) is 0 Å². The van der Waals surface area contributed by atoms with Crippen molar-refractivity contribution >= 4 is 52.3 Å². The molecule has 0 aliphatic heterocycles. The standard InChI is InChI=1S/C18H28ClN3OS.HI/c1-17(2,3)24(23)11-10-21-16(20-4)22-13-18(8-9-18)14-6-5-7-15(19)12-14;/h5-7,12H,8-11,13H2,1-4H3,(H2,20,21,22);1H. The van der Waals surface area contributed by atoms with Gasteiger partial charge in [0.05, 0.1) is 0 Å². The minimum atomic E-state index is -0.857. The number of nitrogens with zero attached hydrogens (tertiary/aromatic N) is 1. The molecule has 0 spiro atoms. The molecule has 0 radical (unpaired) electrons. The quantitative estimate of drug-likeness (QED) is 0.358. The lowest BCUT2D eigenvalue weighted by Gasteiger charge is -2.20. The van der Waals surface area contributed by atoms with E-state index in [4.69, 9.17) is 11.6 Å². The molecule has 4 nitrogen and oxygen atoms in total. The lowest BCUT2D eigenvalue weighted by atomic mass is 9.96. The van der Waals surface area contributed by atoms with E-state index in [1.165, 1.54) is 5.56 Å². The van der Waals surface area contributed by atoms with Gasteiger partial charge in [-0.05, 0) is 51.3 Å². The Kier molecular flexibility index (Phi) is 8.67. The van der Waals surface area contributed by atoms with Crippen LogP contribution in [-0.2, 0) is 16.2 Å². The molecule has 1 aliphatic rings. The molecule has 0 heterocycles. The molecule has 142 valence electrons. The molecule has 0 aromatic heterocycles. The molecular weight excluding hydrogens is 469 g/mol. The van der Waals surface area contributed by atoms with Crippen LogP contribution in [0.3, 0.4) is 0 Å². The predicted octanol–water partition coefficient (Wildman–Crippen LogP) is 3.70. The summed E-state index contributed by atoms with van der Waals surface area (Å²) < 4.78 is 11.9. The largest absolute Gasteiger partial charge is 0.356 e. The molecule has 0 bridgehead atoms. The Bertz CT molecular complexity index is 627. The average molecular weight is 498 g/mol. The molecule has 1 fully saturated rings. The lowest BCUT2D eigenvalue weighted by Crippen LogP contribution is -2.43. The second-order valence-electron chi connectivity index (χ2n) is 7.31. The van der Waals surface area contributed by atoms with Gasteiger partial charge in [-0.1, -0.05) is 23.7 Å². The normalized spacial score (nSPS) is 17.4. The van der Waals surface area contributed by atoms with Gasteiger partial charge in [0.25, 0.3) is 0 Å². The number of rotatable bonds is 6. The molecule has 2 N–H and O–H groups in total. The zero-order chi connectivity index (χ0) is 17.8. The summed E-state index contributed by atoms with van der Waals surface area (Å²) in [6.07, 6.45) is 2.32. The fourth-order valence-electron chi connectivity index (χ4n) is 2.58. The summed E-state index contributed by atoms with van der Waals surface area (Å²) in [5.41, 5.74) is 1.45. The topological polar surface area (TPSA) is 53.5 Å². The fourth-order valence-corrected chi connectivity index (χ4v) is 3.67. The molecule has 1 aromatic rings. The van der Waals surface area contributed by atoms with E-state index >= 15 is 0 Å². The zero-order valence-corrected chi connectivity index (χ0v) is 19.3. The molecule has 1 saturated carbocycles. The van der Waals surface area contributed by atoms with Crippen molar-refractivity contribution in [3.05, 3.63) is 34.9 Å². The summed E-state index contributed by atoms with van der Waals surface area (Å²) in [5, 5.41) is 7.44. The average Bonchev–Trinajstić information content (AvgIpc) is 3.30. The predicted molar refractivity (Wildman–Crippen MR) is 120 cm³/mol. The highest BCUT2D eigenvalue weighted by atomic mass is 127. The first-order chi connectivity index (χ1) is 11.3. The van der Waals surface area contributed by atoms with Crippen LogP contribution in [0, 0.1) is 0 Å². The maximum Gasteiger partial charge on any atom is 0.191 e. The number of hydrogen-bond acceptors (Lipinski definition) is 2. The molecule has 0 amide bonds. The van der Waals surface area contributed by atoms with E-state index in [0.29, 0.717) is 12.3 Å². The zero-order valence-electron chi connectivity index (χ0n) is 15.4.